The van der Waals surface area contributed by atoms with Gasteiger partial charge >= 0.3 is 5.97 Å². The Balaban J connectivity index is 2.25. The minimum absolute atomic E-state index is 0.214. The van der Waals surface area contributed by atoms with Crippen molar-refractivity contribution >= 4 is 33.2 Å². The van der Waals surface area contributed by atoms with E-state index in [1.165, 1.54) is 0 Å². The first-order valence-electron chi connectivity index (χ1n) is 4.90. The van der Waals surface area contributed by atoms with Crippen molar-refractivity contribution in [3.05, 3.63) is 56.2 Å². The molecule has 0 aliphatic carbocycles. The molecule has 2 rings (SSSR count). The SMILES string of the molecule is NC(c1ccc(C(=O)O)cc1)c1cc(Br)cs1. The van der Waals surface area contributed by atoms with Crippen molar-refractivity contribution in [3.63, 3.8) is 0 Å². The summed E-state index contributed by atoms with van der Waals surface area (Å²) in [5.74, 6) is -0.927. The molecule has 0 aliphatic heterocycles. The second-order valence-corrected chi connectivity index (χ2v) is 5.43. The number of nitrogens with two attached hydrogens (primary N) is 1. The number of carbonyl (C=O) groups is 1. The van der Waals surface area contributed by atoms with Crippen LogP contribution in [0.25, 0.3) is 0 Å². The molecule has 1 aromatic carbocycles. The smallest absolute Gasteiger partial charge is 0.335 e. The molecule has 0 saturated carbocycles. The van der Waals surface area contributed by atoms with Crippen LogP contribution in [0.3, 0.4) is 0 Å². The van der Waals surface area contributed by atoms with Crippen LogP contribution in [0.5, 0.6) is 0 Å². The Morgan fingerprint density at radius 2 is 2.00 bits per heavy atom. The number of carboxylic acid groups (broad SMARTS) is 1. The molecule has 1 heterocycles. The predicted octanol–water partition coefficient (Wildman–Crippen LogP) is 3.26. The van der Waals surface area contributed by atoms with Gasteiger partial charge in [-0.25, -0.2) is 4.79 Å². The molecule has 2 aromatic rings. The van der Waals surface area contributed by atoms with Crippen molar-refractivity contribution in [2.24, 2.45) is 5.73 Å². The van der Waals surface area contributed by atoms with Gasteiger partial charge in [0.2, 0.25) is 0 Å². The van der Waals surface area contributed by atoms with Crippen LogP contribution in [-0.2, 0) is 0 Å². The highest BCUT2D eigenvalue weighted by Gasteiger charge is 2.12. The van der Waals surface area contributed by atoms with E-state index in [9.17, 15) is 4.79 Å². The van der Waals surface area contributed by atoms with E-state index in [1.807, 2.05) is 11.4 Å². The first-order valence-corrected chi connectivity index (χ1v) is 6.58. The normalized spacial score (nSPS) is 12.4. The Kier molecular flexibility index (Phi) is 3.61. The molecule has 17 heavy (non-hydrogen) atoms. The summed E-state index contributed by atoms with van der Waals surface area (Å²) in [6.45, 7) is 0. The molecule has 1 unspecified atom stereocenters. The Morgan fingerprint density at radius 3 is 2.47 bits per heavy atom. The van der Waals surface area contributed by atoms with E-state index in [-0.39, 0.29) is 11.6 Å². The first kappa shape index (κ1) is 12.3. The highest BCUT2D eigenvalue weighted by Crippen LogP contribution is 2.28. The fraction of sp³-hybridized carbons (Fsp3) is 0.0833. The number of halogens is 1. The minimum Gasteiger partial charge on any atom is -0.478 e. The molecule has 0 radical (unpaired) electrons. The summed E-state index contributed by atoms with van der Waals surface area (Å²) < 4.78 is 1.01. The number of thiophene rings is 1. The largest absolute Gasteiger partial charge is 0.478 e. The molecule has 1 atom stereocenters. The van der Waals surface area contributed by atoms with Gasteiger partial charge < -0.3 is 10.8 Å². The summed E-state index contributed by atoms with van der Waals surface area (Å²) in [4.78, 5) is 11.8. The molecule has 3 N–H and O–H groups in total. The Bertz CT molecular complexity index is 536. The standard InChI is InChI=1S/C12H10BrNO2S/c13-9-5-10(17-6-9)11(14)7-1-3-8(4-2-7)12(15)16/h1-6,11H,14H2,(H,15,16). The van der Waals surface area contributed by atoms with E-state index < -0.39 is 5.97 Å². The average Bonchev–Trinajstić information content (AvgIpc) is 2.75. The zero-order valence-corrected chi connectivity index (χ0v) is 11.2. The maximum Gasteiger partial charge on any atom is 0.335 e. The highest BCUT2D eigenvalue weighted by molar-refractivity contribution is 9.10. The van der Waals surface area contributed by atoms with Crippen molar-refractivity contribution in [3.8, 4) is 0 Å². The van der Waals surface area contributed by atoms with Crippen molar-refractivity contribution in [2.45, 2.75) is 6.04 Å². The van der Waals surface area contributed by atoms with Crippen molar-refractivity contribution in [2.75, 3.05) is 0 Å². The van der Waals surface area contributed by atoms with Gasteiger partial charge in [0.25, 0.3) is 0 Å². The van der Waals surface area contributed by atoms with E-state index in [0.717, 1.165) is 14.9 Å². The number of carboxylic acids is 1. The van der Waals surface area contributed by atoms with Crippen LogP contribution in [0.2, 0.25) is 0 Å². The molecule has 3 nitrogen and oxygen atoms in total. The Hall–Kier alpha value is -1.17. The lowest BCUT2D eigenvalue weighted by molar-refractivity contribution is 0.0697. The molecule has 0 bridgehead atoms. The average molecular weight is 312 g/mol. The molecule has 0 aliphatic rings. The number of benzene rings is 1. The molecule has 1 aromatic heterocycles. The number of hydrogen-bond donors (Lipinski definition) is 2. The number of aromatic carboxylic acids is 1. The first-order chi connectivity index (χ1) is 8.08. The minimum atomic E-state index is -0.927. The van der Waals surface area contributed by atoms with Gasteiger partial charge in [0.05, 0.1) is 11.6 Å². The van der Waals surface area contributed by atoms with E-state index >= 15 is 0 Å². The summed E-state index contributed by atoms with van der Waals surface area (Å²) in [7, 11) is 0. The molecular weight excluding hydrogens is 302 g/mol. The van der Waals surface area contributed by atoms with Crippen LogP contribution in [0.4, 0.5) is 0 Å². The fourth-order valence-corrected chi connectivity index (χ4v) is 2.96. The summed E-state index contributed by atoms with van der Waals surface area (Å²) >= 11 is 4.96. The second kappa shape index (κ2) is 5.00. The van der Waals surface area contributed by atoms with Crippen LogP contribution < -0.4 is 5.73 Å². The molecule has 5 heteroatoms. The molecular formula is C12H10BrNO2S. The maximum absolute atomic E-state index is 10.7. The number of rotatable bonds is 3. The lowest BCUT2D eigenvalue weighted by Crippen LogP contribution is -2.10. The monoisotopic (exact) mass is 311 g/mol. The van der Waals surface area contributed by atoms with Crippen LogP contribution in [-0.4, -0.2) is 11.1 Å². The molecule has 0 saturated heterocycles. The lowest BCUT2D eigenvalue weighted by Gasteiger charge is -2.09. The molecule has 88 valence electrons. The van der Waals surface area contributed by atoms with Gasteiger partial charge in [-0.1, -0.05) is 12.1 Å². The van der Waals surface area contributed by atoms with Gasteiger partial charge in [0, 0.05) is 14.7 Å². The highest BCUT2D eigenvalue weighted by atomic mass is 79.9. The van der Waals surface area contributed by atoms with Gasteiger partial charge in [0.15, 0.2) is 0 Å². The Morgan fingerprint density at radius 1 is 1.35 bits per heavy atom. The third-order valence-electron chi connectivity index (χ3n) is 2.41. The summed E-state index contributed by atoms with van der Waals surface area (Å²) in [6, 6.07) is 8.40. The van der Waals surface area contributed by atoms with Gasteiger partial charge in [0.1, 0.15) is 0 Å². The van der Waals surface area contributed by atoms with Gasteiger partial charge in [-0.05, 0) is 39.7 Å². The van der Waals surface area contributed by atoms with Gasteiger partial charge in [-0.2, -0.15) is 0 Å². The molecule has 0 spiro atoms. The van der Waals surface area contributed by atoms with Crippen molar-refractivity contribution in [1.29, 1.82) is 0 Å². The lowest BCUT2D eigenvalue weighted by atomic mass is 10.0. The third kappa shape index (κ3) is 2.74. The topological polar surface area (TPSA) is 63.3 Å². The second-order valence-electron chi connectivity index (χ2n) is 3.57. The van der Waals surface area contributed by atoms with Crippen LogP contribution >= 0.6 is 27.3 Å². The van der Waals surface area contributed by atoms with Gasteiger partial charge in [-0.15, -0.1) is 11.3 Å². The maximum atomic E-state index is 10.7. The van der Waals surface area contributed by atoms with E-state index in [4.69, 9.17) is 10.8 Å². The van der Waals surface area contributed by atoms with Crippen LogP contribution in [0.15, 0.2) is 40.2 Å². The van der Waals surface area contributed by atoms with Gasteiger partial charge in [-0.3, -0.25) is 0 Å². The fourth-order valence-electron chi connectivity index (χ4n) is 1.49. The summed E-state index contributed by atoms with van der Waals surface area (Å²) in [5.41, 5.74) is 7.28. The number of hydrogen-bond acceptors (Lipinski definition) is 3. The molecule has 0 amide bonds. The summed E-state index contributed by atoms with van der Waals surface area (Å²) in [6.07, 6.45) is 0. The van der Waals surface area contributed by atoms with Crippen LogP contribution in [0, 0.1) is 0 Å². The van der Waals surface area contributed by atoms with E-state index in [2.05, 4.69) is 15.9 Å². The van der Waals surface area contributed by atoms with E-state index in [0.29, 0.717) is 0 Å². The van der Waals surface area contributed by atoms with Crippen molar-refractivity contribution in [1.82, 2.24) is 0 Å². The summed E-state index contributed by atoms with van der Waals surface area (Å²) in [5, 5.41) is 10.8. The third-order valence-corrected chi connectivity index (χ3v) is 4.19. The quantitative estimate of drug-likeness (QED) is 0.914. The Labute approximate surface area is 111 Å². The molecule has 0 fully saturated rings. The predicted molar refractivity (Wildman–Crippen MR) is 71.5 cm³/mol. The van der Waals surface area contributed by atoms with Crippen LogP contribution in [0.1, 0.15) is 26.8 Å². The van der Waals surface area contributed by atoms with Crippen molar-refractivity contribution < 1.29 is 9.90 Å². The zero-order valence-electron chi connectivity index (χ0n) is 8.76. The van der Waals surface area contributed by atoms with E-state index in [1.54, 1.807) is 35.6 Å². The zero-order chi connectivity index (χ0) is 12.4.